The van der Waals surface area contributed by atoms with Crippen molar-refractivity contribution in [2.75, 3.05) is 12.3 Å². The van der Waals surface area contributed by atoms with Gasteiger partial charge in [-0.2, -0.15) is 0 Å². The van der Waals surface area contributed by atoms with E-state index in [2.05, 4.69) is 34.6 Å². The van der Waals surface area contributed by atoms with Crippen LogP contribution in [0.3, 0.4) is 0 Å². The van der Waals surface area contributed by atoms with Crippen LogP contribution in [0.4, 0.5) is 0 Å². The number of amides is 1. The number of benzene rings is 1. The second-order valence-corrected chi connectivity index (χ2v) is 5.65. The third-order valence-electron chi connectivity index (χ3n) is 3.00. The maximum Gasteiger partial charge on any atom is 0.277 e. The maximum absolute atomic E-state index is 11.4. The summed E-state index contributed by atoms with van der Waals surface area (Å²) in [6, 6.07) is 10.2. The summed E-state index contributed by atoms with van der Waals surface area (Å²) in [5.41, 5.74) is 1.24. The van der Waals surface area contributed by atoms with Crippen LogP contribution in [0.5, 0.6) is 0 Å². The summed E-state index contributed by atoms with van der Waals surface area (Å²) < 4.78 is 5.57. The van der Waals surface area contributed by atoms with E-state index >= 15 is 0 Å². The lowest BCUT2D eigenvalue weighted by Gasteiger charge is -2.08. The van der Waals surface area contributed by atoms with Crippen LogP contribution >= 0.6 is 11.8 Å². The monoisotopic (exact) mass is 305 g/mol. The standard InChI is InChI=1S/C15H19N3O2S/c1-3-16-13(19)10-21-15-18-17-14(20-15)9-11(2)12-7-5-4-6-8-12/h4-8,11H,3,9-10H2,1-2H3,(H,16,19). The van der Waals surface area contributed by atoms with Gasteiger partial charge in [0, 0.05) is 13.0 Å². The molecular weight excluding hydrogens is 286 g/mol. The quantitative estimate of drug-likeness (QED) is 0.796. The molecule has 112 valence electrons. The molecule has 0 aliphatic carbocycles. The highest BCUT2D eigenvalue weighted by Crippen LogP contribution is 2.22. The molecule has 1 amide bonds. The number of aromatic nitrogens is 2. The zero-order valence-electron chi connectivity index (χ0n) is 12.2. The summed E-state index contributed by atoms with van der Waals surface area (Å²) in [6.07, 6.45) is 0.693. The van der Waals surface area contributed by atoms with E-state index in [-0.39, 0.29) is 5.91 Å². The van der Waals surface area contributed by atoms with Crippen molar-refractivity contribution in [1.82, 2.24) is 15.5 Å². The lowest BCUT2D eigenvalue weighted by molar-refractivity contribution is -0.118. The van der Waals surface area contributed by atoms with E-state index in [0.29, 0.717) is 35.7 Å². The van der Waals surface area contributed by atoms with Crippen molar-refractivity contribution >= 4 is 17.7 Å². The fraction of sp³-hybridized carbons (Fsp3) is 0.400. The SMILES string of the molecule is CCNC(=O)CSc1nnc(CC(C)c2ccccc2)o1. The molecule has 2 rings (SSSR count). The van der Waals surface area contributed by atoms with Crippen molar-refractivity contribution < 1.29 is 9.21 Å². The summed E-state index contributed by atoms with van der Waals surface area (Å²) in [4.78, 5) is 11.4. The Bertz CT molecular complexity index is 571. The summed E-state index contributed by atoms with van der Waals surface area (Å²) in [5.74, 6) is 1.18. The summed E-state index contributed by atoms with van der Waals surface area (Å²) in [7, 11) is 0. The van der Waals surface area contributed by atoms with Crippen LogP contribution < -0.4 is 5.32 Å². The minimum Gasteiger partial charge on any atom is -0.416 e. The predicted octanol–water partition coefficient (Wildman–Crippen LogP) is 2.64. The lowest BCUT2D eigenvalue weighted by atomic mass is 9.98. The highest BCUT2D eigenvalue weighted by molar-refractivity contribution is 7.99. The zero-order valence-corrected chi connectivity index (χ0v) is 13.0. The van der Waals surface area contributed by atoms with E-state index in [4.69, 9.17) is 4.42 Å². The van der Waals surface area contributed by atoms with Crippen LogP contribution in [0, 0.1) is 0 Å². The number of rotatable bonds is 7. The van der Waals surface area contributed by atoms with Gasteiger partial charge in [-0.25, -0.2) is 0 Å². The second-order valence-electron chi connectivity index (χ2n) is 4.72. The second kappa shape index (κ2) is 7.83. The maximum atomic E-state index is 11.4. The van der Waals surface area contributed by atoms with Crippen LogP contribution in [-0.2, 0) is 11.2 Å². The average Bonchev–Trinajstić information content (AvgIpc) is 2.94. The molecule has 0 radical (unpaired) electrons. The van der Waals surface area contributed by atoms with Gasteiger partial charge in [-0.1, -0.05) is 49.0 Å². The number of nitrogens with zero attached hydrogens (tertiary/aromatic N) is 2. The highest BCUT2D eigenvalue weighted by atomic mass is 32.2. The molecule has 1 unspecified atom stereocenters. The molecule has 0 saturated heterocycles. The molecule has 0 aliphatic rings. The van der Waals surface area contributed by atoms with E-state index in [1.807, 2.05) is 25.1 Å². The van der Waals surface area contributed by atoms with Gasteiger partial charge in [-0.15, -0.1) is 10.2 Å². The molecule has 0 aliphatic heterocycles. The Morgan fingerprint density at radius 1 is 1.33 bits per heavy atom. The largest absolute Gasteiger partial charge is 0.416 e. The van der Waals surface area contributed by atoms with E-state index in [9.17, 15) is 4.79 Å². The van der Waals surface area contributed by atoms with Crippen molar-refractivity contribution in [3.63, 3.8) is 0 Å². The van der Waals surface area contributed by atoms with Gasteiger partial charge in [0.05, 0.1) is 5.75 Å². The Hall–Kier alpha value is -1.82. The summed E-state index contributed by atoms with van der Waals surface area (Å²) in [6.45, 7) is 4.64. The van der Waals surface area contributed by atoms with E-state index in [0.717, 1.165) is 0 Å². The fourth-order valence-corrected chi connectivity index (χ4v) is 2.53. The van der Waals surface area contributed by atoms with Gasteiger partial charge in [0.15, 0.2) is 0 Å². The molecule has 0 saturated carbocycles. The van der Waals surface area contributed by atoms with Crippen molar-refractivity contribution in [3.05, 3.63) is 41.8 Å². The first-order chi connectivity index (χ1) is 10.2. The number of hydrogen-bond acceptors (Lipinski definition) is 5. The first-order valence-corrected chi connectivity index (χ1v) is 7.94. The normalized spacial score (nSPS) is 12.1. The Morgan fingerprint density at radius 3 is 2.81 bits per heavy atom. The van der Waals surface area contributed by atoms with E-state index in [1.165, 1.54) is 17.3 Å². The van der Waals surface area contributed by atoms with Crippen LogP contribution in [0.2, 0.25) is 0 Å². The minimum atomic E-state index is -0.0279. The van der Waals surface area contributed by atoms with Gasteiger partial charge in [0.1, 0.15) is 0 Å². The van der Waals surface area contributed by atoms with Crippen molar-refractivity contribution in [1.29, 1.82) is 0 Å². The molecule has 2 aromatic rings. The molecule has 5 nitrogen and oxygen atoms in total. The van der Waals surface area contributed by atoms with Crippen molar-refractivity contribution in [2.45, 2.75) is 31.4 Å². The number of carbonyl (C=O) groups excluding carboxylic acids is 1. The Kier molecular flexibility index (Phi) is 5.80. The van der Waals surface area contributed by atoms with Gasteiger partial charge < -0.3 is 9.73 Å². The Labute approximate surface area is 128 Å². The molecular formula is C15H19N3O2S. The van der Waals surface area contributed by atoms with Crippen molar-refractivity contribution in [3.8, 4) is 0 Å². The average molecular weight is 305 g/mol. The molecule has 1 heterocycles. The minimum absolute atomic E-state index is 0.0279. The molecule has 0 spiro atoms. The highest BCUT2D eigenvalue weighted by Gasteiger charge is 2.13. The van der Waals surface area contributed by atoms with Crippen LogP contribution in [0.25, 0.3) is 0 Å². The van der Waals surface area contributed by atoms with Crippen LogP contribution in [0.1, 0.15) is 31.2 Å². The van der Waals surface area contributed by atoms with Crippen LogP contribution in [0.15, 0.2) is 40.0 Å². The number of thioether (sulfide) groups is 1. The Morgan fingerprint density at radius 2 is 2.10 bits per heavy atom. The van der Waals surface area contributed by atoms with Gasteiger partial charge in [0.2, 0.25) is 11.8 Å². The van der Waals surface area contributed by atoms with Crippen molar-refractivity contribution in [2.24, 2.45) is 0 Å². The van der Waals surface area contributed by atoms with Gasteiger partial charge in [-0.05, 0) is 18.4 Å². The van der Waals surface area contributed by atoms with E-state index < -0.39 is 0 Å². The number of carbonyl (C=O) groups is 1. The summed E-state index contributed by atoms with van der Waals surface area (Å²) in [5, 5.41) is 11.2. The van der Waals surface area contributed by atoms with Crippen LogP contribution in [-0.4, -0.2) is 28.4 Å². The van der Waals surface area contributed by atoms with Gasteiger partial charge in [0.25, 0.3) is 5.22 Å². The molecule has 1 aromatic heterocycles. The third kappa shape index (κ3) is 4.90. The Balaban J connectivity index is 1.87. The first-order valence-electron chi connectivity index (χ1n) is 6.96. The molecule has 1 atom stereocenters. The molecule has 1 aromatic carbocycles. The third-order valence-corrected chi connectivity index (χ3v) is 3.82. The van der Waals surface area contributed by atoms with Gasteiger partial charge >= 0.3 is 0 Å². The number of nitrogens with one attached hydrogen (secondary N) is 1. The molecule has 21 heavy (non-hydrogen) atoms. The molecule has 0 bridgehead atoms. The molecule has 0 fully saturated rings. The smallest absolute Gasteiger partial charge is 0.277 e. The molecule has 6 heteroatoms. The summed E-state index contributed by atoms with van der Waals surface area (Å²) >= 11 is 1.26. The molecule has 1 N–H and O–H groups in total. The topological polar surface area (TPSA) is 68.0 Å². The first kappa shape index (κ1) is 15.6. The zero-order chi connectivity index (χ0) is 15.1. The lowest BCUT2D eigenvalue weighted by Crippen LogP contribution is -2.24. The predicted molar refractivity (Wildman–Crippen MR) is 82.3 cm³/mol. The fourth-order valence-electron chi connectivity index (χ4n) is 1.92. The van der Waals surface area contributed by atoms with Gasteiger partial charge in [-0.3, -0.25) is 4.79 Å². The number of hydrogen-bond donors (Lipinski definition) is 1. The van der Waals surface area contributed by atoms with E-state index in [1.54, 1.807) is 0 Å².